The summed E-state index contributed by atoms with van der Waals surface area (Å²) in [4.78, 5) is 0. The van der Waals surface area contributed by atoms with Gasteiger partial charge in [-0.1, -0.05) is 41.4 Å². The Hall–Kier alpha value is -2.28. The van der Waals surface area contributed by atoms with E-state index in [0.29, 0.717) is 33.3 Å². The number of nitrogens with one attached hydrogen (secondary N) is 2. The van der Waals surface area contributed by atoms with Gasteiger partial charge in [0.2, 0.25) is 0 Å². The van der Waals surface area contributed by atoms with Crippen LogP contribution in [-0.2, 0) is 6.54 Å². The Morgan fingerprint density at radius 3 is 2.73 bits per heavy atom. The van der Waals surface area contributed by atoms with Gasteiger partial charge in [0.25, 0.3) is 0 Å². The number of benzene rings is 2. The number of ether oxygens (including phenoxy) is 1. The number of hydrogen-bond acceptors (Lipinski definition) is 3. The van der Waals surface area contributed by atoms with E-state index in [1.165, 1.54) is 0 Å². The largest absolute Gasteiger partial charge is 0.495 e. The van der Waals surface area contributed by atoms with Gasteiger partial charge in [-0.05, 0) is 42.0 Å². The van der Waals surface area contributed by atoms with E-state index in [2.05, 4.69) is 15.7 Å². The molecule has 0 saturated carbocycles. The second-order valence-electron chi connectivity index (χ2n) is 5.41. The van der Waals surface area contributed by atoms with Crippen molar-refractivity contribution in [3.63, 3.8) is 0 Å². The monoisotopic (exact) mass is 406 g/mol. The molecular weight excluding hydrogens is 391 g/mol. The van der Waals surface area contributed by atoms with Crippen LogP contribution in [0, 0.1) is 0 Å². The molecule has 0 bridgehead atoms. The van der Waals surface area contributed by atoms with Gasteiger partial charge in [-0.2, -0.15) is 5.10 Å². The van der Waals surface area contributed by atoms with E-state index < -0.39 is 0 Å². The van der Waals surface area contributed by atoms with Gasteiger partial charge in [-0.25, -0.2) is 0 Å². The van der Waals surface area contributed by atoms with Gasteiger partial charge >= 0.3 is 0 Å². The van der Waals surface area contributed by atoms with Crippen molar-refractivity contribution in [2.45, 2.75) is 6.54 Å². The third-order valence-electron chi connectivity index (χ3n) is 3.58. The minimum atomic E-state index is 0.421. The fourth-order valence-corrected chi connectivity index (χ4v) is 3.04. The van der Waals surface area contributed by atoms with Crippen molar-refractivity contribution in [2.75, 3.05) is 17.7 Å². The summed E-state index contributed by atoms with van der Waals surface area (Å²) in [6, 6.07) is 14.8. The van der Waals surface area contributed by atoms with Gasteiger partial charge in [0.05, 0.1) is 19.3 Å². The molecule has 2 N–H and O–H groups in total. The third-order valence-corrected chi connectivity index (χ3v) is 4.38. The number of para-hydroxylation sites is 2. The standard InChI is InChI=1S/C18H16Cl2N4OS/c1-25-16-5-3-2-4-15(16)21-18(26)22-17-8-9-24(23-17)11-12-6-7-13(19)10-14(12)20/h2-10H,11H2,1H3,(H2,21,22,23,26). The van der Waals surface area contributed by atoms with E-state index in [1.807, 2.05) is 42.6 Å². The Kier molecular flexibility index (Phi) is 5.98. The van der Waals surface area contributed by atoms with Crippen molar-refractivity contribution >= 4 is 52.0 Å². The van der Waals surface area contributed by atoms with Crippen LogP contribution in [-0.4, -0.2) is 22.0 Å². The number of methoxy groups -OCH3 is 1. The van der Waals surface area contributed by atoms with E-state index >= 15 is 0 Å². The lowest BCUT2D eigenvalue weighted by Crippen LogP contribution is -2.20. The molecule has 0 spiro atoms. The molecule has 0 atom stereocenters. The van der Waals surface area contributed by atoms with Crippen LogP contribution in [0.3, 0.4) is 0 Å². The van der Waals surface area contributed by atoms with Crippen LogP contribution in [0.15, 0.2) is 54.7 Å². The van der Waals surface area contributed by atoms with E-state index in [1.54, 1.807) is 23.9 Å². The van der Waals surface area contributed by atoms with Crippen molar-refractivity contribution in [3.05, 3.63) is 70.3 Å². The minimum Gasteiger partial charge on any atom is -0.495 e. The Labute approximate surface area is 166 Å². The van der Waals surface area contributed by atoms with Crippen LogP contribution >= 0.6 is 35.4 Å². The molecule has 2 aromatic carbocycles. The predicted molar refractivity (Wildman–Crippen MR) is 111 cm³/mol. The van der Waals surface area contributed by atoms with Crippen LogP contribution < -0.4 is 15.4 Å². The summed E-state index contributed by atoms with van der Waals surface area (Å²) in [6.45, 7) is 0.532. The maximum atomic E-state index is 6.21. The molecule has 5 nitrogen and oxygen atoms in total. The van der Waals surface area contributed by atoms with Crippen molar-refractivity contribution in [1.82, 2.24) is 9.78 Å². The zero-order valence-corrected chi connectivity index (χ0v) is 16.2. The number of thiocarbonyl (C=S) groups is 1. The van der Waals surface area contributed by atoms with E-state index in [0.717, 1.165) is 11.3 Å². The zero-order valence-electron chi connectivity index (χ0n) is 13.9. The summed E-state index contributed by atoms with van der Waals surface area (Å²) in [7, 11) is 1.61. The molecule has 26 heavy (non-hydrogen) atoms. The summed E-state index contributed by atoms with van der Waals surface area (Å²) in [5.74, 6) is 1.34. The molecule has 0 aliphatic carbocycles. The van der Waals surface area contributed by atoms with Crippen molar-refractivity contribution in [1.29, 1.82) is 0 Å². The van der Waals surface area contributed by atoms with Crippen molar-refractivity contribution in [2.24, 2.45) is 0 Å². The molecule has 0 amide bonds. The molecular formula is C18H16Cl2N4OS. The van der Waals surface area contributed by atoms with Crippen molar-refractivity contribution in [3.8, 4) is 5.75 Å². The highest BCUT2D eigenvalue weighted by molar-refractivity contribution is 7.80. The van der Waals surface area contributed by atoms with Crippen LogP contribution in [0.2, 0.25) is 10.0 Å². The second-order valence-corrected chi connectivity index (χ2v) is 6.67. The topological polar surface area (TPSA) is 51.1 Å². The molecule has 0 unspecified atom stereocenters. The predicted octanol–water partition coefficient (Wildman–Crippen LogP) is 5.06. The number of halogens is 2. The second kappa shape index (κ2) is 8.40. The minimum absolute atomic E-state index is 0.421. The molecule has 134 valence electrons. The summed E-state index contributed by atoms with van der Waals surface area (Å²) in [6.07, 6.45) is 1.85. The molecule has 3 aromatic rings. The number of anilines is 2. The van der Waals surface area contributed by atoms with E-state index in [4.69, 9.17) is 40.2 Å². The highest BCUT2D eigenvalue weighted by Gasteiger charge is 2.07. The molecule has 0 aliphatic heterocycles. The lowest BCUT2D eigenvalue weighted by molar-refractivity contribution is 0.417. The number of hydrogen-bond donors (Lipinski definition) is 2. The maximum absolute atomic E-state index is 6.21. The quantitative estimate of drug-likeness (QED) is 0.580. The molecule has 1 heterocycles. The highest BCUT2D eigenvalue weighted by Crippen LogP contribution is 2.24. The molecule has 0 saturated heterocycles. The normalized spacial score (nSPS) is 10.4. The Balaban J connectivity index is 1.63. The Bertz CT molecular complexity index is 929. The molecule has 0 aliphatic rings. The summed E-state index contributed by atoms with van der Waals surface area (Å²) in [5, 5.41) is 12.2. The summed E-state index contributed by atoms with van der Waals surface area (Å²) < 4.78 is 7.06. The average molecular weight is 407 g/mol. The van der Waals surface area contributed by atoms with E-state index in [-0.39, 0.29) is 0 Å². The first-order valence-corrected chi connectivity index (χ1v) is 8.90. The van der Waals surface area contributed by atoms with Crippen LogP contribution in [0.1, 0.15) is 5.56 Å². The zero-order chi connectivity index (χ0) is 18.5. The first-order valence-electron chi connectivity index (χ1n) is 7.73. The van der Waals surface area contributed by atoms with Gasteiger partial charge in [0, 0.05) is 22.3 Å². The number of aromatic nitrogens is 2. The van der Waals surface area contributed by atoms with Gasteiger partial charge in [0.1, 0.15) is 5.75 Å². The van der Waals surface area contributed by atoms with Gasteiger partial charge in [-0.3, -0.25) is 4.68 Å². The fourth-order valence-electron chi connectivity index (χ4n) is 2.36. The van der Waals surface area contributed by atoms with Gasteiger partial charge < -0.3 is 15.4 Å². The van der Waals surface area contributed by atoms with Crippen LogP contribution in [0.25, 0.3) is 0 Å². The van der Waals surface area contributed by atoms with Gasteiger partial charge in [-0.15, -0.1) is 0 Å². The fraction of sp³-hybridized carbons (Fsp3) is 0.111. The smallest absolute Gasteiger partial charge is 0.176 e. The average Bonchev–Trinajstić information content (AvgIpc) is 3.04. The molecule has 3 rings (SSSR count). The maximum Gasteiger partial charge on any atom is 0.176 e. The molecule has 8 heteroatoms. The van der Waals surface area contributed by atoms with E-state index in [9.17, 15) is 0 Å². The lowest BCUT2D eigenvalue weighted by Gasteiger charge is -2.12. The first-order chi connectivity index (χ1) is 12.5. The molecule has 0 radical (unpaired) electrons. The van der Waals surface area contributed by atoms with Crippen LogP contribution in [0.5, 0.6) is 5.75 Å². The summed E-state index contributed by atoms with van der Waals surface area (Å²) in [5.41, 5.74) is 1.71. The lowest BCUT2D eigenvalue weighted by atomic mass is 10.2. The number of nitrogens with zero attached hydrogens (tertiary/aromatic N) is 2. The molecule has 1 aromatic heterocycles. The summed E-state index contributed by atoms with van der Waals surface area (Å²) >= 11 is 17.5. The van der Waals surface area contributed by atoms with Crippen LogP contribution in [0.4, 0.5) is 11.5 Å². The van der Waals surface area contributed by atoms with Gasteiger partial charge in [0.15, 0.2) is 10.9 Å². The highest BCUT2D eigenvalue weighted by atomic mass is 35.5. The first kappa shape index (κ1) is 18.5. The SMILES string of the molecule is COc1ccccc1NC(=S)Nc1ccn(Cc2ccc(Cl)cc2Cl)n1. The Morgan fingerprint density at radius 2 is 1.96 bits per heavy atom. The Morgan fingerprint density at radius 1 is 1.15 bits per heavy atom. The van der Waals surface area contributed by atoms with Crippen molar-refractivity contribution < 1.29 is 4.74 Å². The molecule has 0 fully saturated rings. The third kappa shape index (κ3) is 4.66. The number of rotatable bonds is 5.